The predicted molar refractivity (Wildman–Crippen MR) is 56.1 cm³/mol. The maximum absolute atomic E-state index is 3.73. The first-order valence-electron chi connectivity index (χ1n) is 4.87. The van der Waals surface area contributed by atoms with E-state index in [9.17, 15) is 0 Å². The maximum atomic E-state index is 3.73. The molecule has 0 rings (SSSR count). The van der Waals surface area contributed by atoms with E-state index in [1.54, 1.807) is 0 Å². The first-order chi connectivity index (χ1) is 5.85. The molecule has 0 saturated heterocycles. The molecule has 1 heteroatoms. The van der Waals surface area contributed by atoms with Crippen LogP contribution in [-0.2, 0) is 0 Å². The standard InChI is InChI=1S/C11H21N/c1-4-7-9-11(8-5-2)10-12-6-3/h4,10,12H,1,5-9H2,2-3H3/b11-10+. The molecule has 0 unspecified atom stereocenters. The molecule has 0 heterocycles. The zero-order valence-electron chi connectivity index (χ0n) is 8.40. The fourth-order valence-electron chi connectivity index (χ4n) is 1.12. The van der Waals surface area contributed by atoms with Crippen LogP contribution in [0.25, 0.3) is 0 Å². The van der Waals surface area contributed by atoms with E-state index >= 15 is 0 Å². The zero-order chi connectivity index (χ0) is 9.23. The summed E-state index contributed by atoms with van der Waals surface area (Å²) in [6.45, 7) is 9.08. The summed E-state index contributed by atoms with van der Waals surface area (Å²) in [5.74, 6) is 0. The molecule has 0 radical (unpaired) electrons. The quantitative estimate of drug-likeness (QED) is 0.574. The van der Waals surface area contributed by atoms with Crippen molar-refractivity contribution in [2.45, 2.75) is 39.5 Å². The van der Waals surface area contributed by atoms with Gasteiger partial charge in [-0.25, -0.2) is 0 Å². The first-order valence-corrected chi connectivity index (χ1v) is 4.87. The normalized spacial score (nSPS) is 11.3. The molecule has 0 aliphatic rings. The smallest absolute Gasteiger partial charge is 0.0113 e. The fourth-order valence-corrected chi connectivity index (χ4v) is 1.12. The minimum absolute atomic E-state index is 1.02. The molecular formula is C11H21N. The van der Waals surface area contributed by atoms with Gasteiger partial charge in [0.05, 0.1) is 0 Å². The Morgan fingerprint density at radius 1 is 1.33 bits per heavy atom. The van der Waals surface area contributed by atoms with E-state index in [2.05, 4.69) is 31.9 Å². The zero-order valence-corrected chi connectivity index (χ0v) is 8.40. The van der Waals surface area contributed by atoms with Gasteiger partial charge in [0.2, 0.25) is 0 Å². The molecule has 0 amide bonds. The molecule has 1 N–H and O–H groups in total. The molecule has 0 spiro atoms. The van der Waals surface area contributed by atoms with Gasteiger partial charge in [0.25, 0.3) is 0 Å². The summed E-state index contributed by atoms with van der Waals surface area (Å²) in [5, 5.41) is 3.25. The summed E-state index contributed by atoms with van der Waals surface area (Å²) >= 11 is 0. The van der Waals surface area contributed by atoms with Gasteiger partial charge in [0.1, 0.15) is 0 Å². The third kappa shape index (κ3) is 6.02. The van der Waals surface area contributed by atoms with Crippen molar-refractivity contribution in [3.05, 3.63) is 24.4 Å². The highest BCUT2D eigenvalue weighted by atomic mass is 14.8. The monoisotopic (exact) mass is 167 g/mol. The number of hydrogen-bond acceptors (Lipinski definition) is 1. The molecule has 0 saturated carbocycles. The second-order valence-corrected chi connectivity index (χ2v) is 2.94. The minimum atomic E-state index is 1.02. The number of allylic oxidation sites excluding steroid dienone is 2. The summed E-state index contributed by atoms with van der Waals surface area (Å²) in [5.41, 5.74) is 1.51. The van der Waals surface area contributed by atoms with Crippen LogP contribution in [0.1, 0.15) is 39.5 Å². The van der Waals surface area contributed by atoms with Crippen molar-refractivity contribution in [3.63, 3.8) is 0 Å². The van der Waals surface area contributed by atoms with Crippen molar-refractivity contribution >= 4 is 0 Å². The Balaban J connectivity index is 3.75. The Morgan fingerprint density at radius 2 is 2.08 bits per heavy atom. The van der Waals surface area contributed by atoms with Crippen LogP contribution in [0.2, 0.25) is 0 Å². The Labute approximate surface area is 76.6 Å². The van der Waals surface area contributed by atoms with Gasteiger partial charge in [-0.05, 0) is 32.4 Å². The van der Waals surface area contributed by atoms with Gasteiger partial charge >= 0.3 is 0 Å². The molecule has 12 heavy (non-hydrogen) atoms. The van der Waals surface area contributed by atoms with Crippen molar-refractivity contribution in [2.24, 2.45) is 0 Å². The van der Waals surface area contributed by atoms with E-state index in [1.165, 1.54) is 18.4 Å². The molecule has 0 aromatic carbocycles. The molecule has 0 aliphatic heterocycles. The van der Waals surface area contributed by atoms with Crippen molar-refractivity contribution in [1.82, 2.24) is 5.32 Å². The van der Waals surface area contributed by atoms with Crippen LogP contribution in [0.15, 0.2) is 24.4 Å². The van der Waals surface area contributed by atoms with Crippen molar-refractivity contribution in [2.75, 3.05) is 6.54 Å². The van der Waals surface area contributed by atoms with Crippen LogP contribution >= 0.6 is 0 Å². The van der Waals surface area contributed by atoms with E-state index in [1.807, 2.05) is 6.08 Å². The number of rotatable bonds is 7. The van der Waals surface area contributed by atoms with Gasteiger partial charge in [-0.15, -0.1) is 6.58 Å². The van der Waals surface area contributed by atoms with Gasteiger partial charge in [0.15, 0.2) is 0 Å². The van der Waals surface area contributed by atoms with E-state index < -0.39 is 0 Å². The third-order valence-electron chi connectivity index (χ3n) is 1.75. The summed E-state index contributed by atoms with van der Waals surface area (Å²) in [7, 11) is 0. The molecule has 0 aromatic rings. The average Bonchev–Trinajstić information content (AvgIpc) is 2.10. The number of hydrogen-bond donors (Lipinski definition) is 1. The van der Waals surface area contributed by atoms with Gasteiger partial charge in [-0.3, -0.25) is 0 Å². The number of nitrogens with one attached hydrogen (secondary N) is 1. The highest BCUT2D eigenvalue weighted by Crippen LogP contribution is 2.10. The molecule has 0 aliphatic carbocycles. The maximum Gasteiger partial charge on any atom is 0.0113 e. The van der Waals surface area contributed by atoms with Crippen molar-refractivity contribution < 1.29 is 0 Å². The Kier molecular flexibility index (Phi) is 7.87. The minimum Gasteiger partial charge on any atom is -0.391 e. The molecule has 0 aromatic heterocycles. The van der Waals surface area contributed by atoms with Gasteiger partial charge < -0.3 is 5.32 Å². The Morgan fingerprint density at radius 3 is 2.58 bits per heavy atom. The van der Waals surface area contributed by atoms with Crippen LogP contribution in [0, 0.1) is 0 Å². The highest BCUT2D eigenvalue weighted by Gasteiger charge is 1.93. The van der Waals surface area contributed by atoms with Crippen LogP contribution in [0.4, 0.5) is 0 Å². The van der Waals surface area contributed by atoms with Crippen LogP contribution in [0.5, 0.6) is 0 Å². The van der Waals surface area contributed by atoms with E-state index in [0.29, 0.717) is 0 Å². The third-order valence-corrected chi connectivity index (χ3v) is 1.75. The van der Waals surface area contributed by atoms with Gasteiger partial charge in [-0.2, -0.15) is 0 Å². The molecule has 0 bridgehead atoms. The molecule has 0 atom stereocenters. The van der Waals surface area contributed by atoms with Crippen molar-refractivity contribution in [3.8, 4) is 0 Å². The van der Waals surface area contributed by atoms with E-state index in [0.717, 1.165) is 19.4 Å². The lowest BCUT2D eigenvalue weighted by Gasteiger charge is -2.04. The summed E-state index contributed by atoms with van der Waals surface area (Å²) in [4.78, 5) is 0. The summed E-state index contributed by atoms with van der Waals surface area (Å²) in [6.07, 6.45) is 8.83. The molecular weight excluding hydrogens is 146 g/mol. The SMILES string of the molecule is C=CCC/C(=C/NCC)CCC. The predicted octanol–water partition coefficient (Wildman–Crippen LogP) is 3.25. The Hall–Kier alpha value is -0.720. The highest BCUT2D eigenvalue weighted by molar-refractivity contribution is 5.01. The lowest BCUT2D eigenvalue weighted by molar-refractivity contribution is 0.798. The topological polar surface area (TPSA) is 12.0 Å². The molecule has 0 fully saturated rings. The van der Waals surface area contributed by atoms with Gasteiger partial charge in [-0.1, -0.05) is 25.0 Å². The van der Waals surface area contributed by atoms with Gasteiger partial charge in [0, 0.05) is 6.54 Å². The molecule has 70 valence electrons. The van der Waals surface area contributed by atoms with Crippen molar-refractivity contribution in [1.29, 1.82) is 0 Å². The Bertz CT molecular complexity index is 136. The van der Waals surface area contributed by atoms with E-state index in [-0.39, 0.29) is 0 Å². The van der Waals surface area contributed by atoms with Crippen LogP contribution in [-0.4, -0.2) is 6.54 Å². The summed E-state index contributed by atoms with van der Waals surface area (Å²) in [6, 6.07) is 0. The summed E-state index contributed by atoms with van der Waals surface area (Å²) < 4.78 is 0. The second-order valence-electron chi connectivity index (χ2n) is 2.94. The van der Waals surface area contributed by atoms with Crippen LogP contribution in [0.3, 0.4) is 0 Å². The fraction of sp³-hybridized carbons (Fsp3) is 0.636. The first kappa shape index (κ1) is 11.3. The lowest BCUT2D eigenvalue weighted by atomic mass is 10.1. The van der Waals surface area contributed by atoms with Crippen LogP contribution < -0.4 is 5.32 Å². The second kappa shape index (κ2) is 8.38. The largest absolute Gasteiger partial charge is 0.391 e. The average molecular weight is 167 g/mol. The van der Waals surface area contributed by atoms with E-state index in [4.69, 9.17) is 0 Å². The lowest BCUT2D eigenvalue weighted by Crippen LogP contribution is -2.04. The molecule has 1 nitrogen and oxygen atoms in total.